The van der Waals surface area contributed by atoms with Crippen LogP contribution < -0.4 is 0 Å². The summed E-state index contributed by atoms with van der Waals surface area (Å²) in [6, 6.07) is 6.33. The zero-order valence-electron chi connectivity index (χ0n) is 9.66. The number of hydrogen-bond acceptors (Lipinski definition) is 1. The van der Waals surface area contributed by atoms with E-state index in [4.69, 9.17) is 5.11 Å². The zero-order valence-corrected chi connectivity index (χ0v) is 9.66. The van der Waals surface area contributed by atoms with Gasteiger partial charge in [0.15, 0.2) is 0 Å². The molecule has 0 aliphatic heterocycles. The maximum atomic E-state index is 12.6. The van der Waals surface area contributed by atoms with Crippen molar-refractivity contribution < 1.29 is 14.3 Å². The number of hydrogen-bond donors (Lipinski definition) is 1. The van der Waals surface area contributed by atoms with Crippen molar-refractivity contribution in [3.8, 4) is 0 Å². The van der Waals surface area contributed by atoms with E-state index >= 15 is 0 Å². The number of carbonyl (C=O) groups is 1. The molecule has 1 aromatic rings. The molecule has 0 spiro atoms. The van der Waals surface area contributed by atoms with Crippen LogP contribution in [0.25, 0.3) is 0 Å². The molecule has 1 aromatic carbocycles. The lowest BCUT2D eigenvalue weighted by Crippen LogP contribution is -2.23. The van der Waals surface area contributed by atoms with Gasteiger partial charge in [-0.15, -0.1) is 0 Å². The Morgan fingerprint density at radius 2 is 1.88 bits per heavy atom. The van der Waals surface area contributed by atoms with Gasteiger partial charge in [0.05, 0.1) is 5.41 Å². The highest BCUT2D eigenvalue weighted by molar-refractivity contribution is 5.73. The predicted octanol–water partition coefficient (Wildman–Crippen LogP) is 3.26. The molecule has 0 aliphatic carbocycles. The Morgan fingerprint density at radius 3 is 2.38 bits per heavy atom. The number of benzene rings is 1. The van der Waals surface area contributed by atoms with Crippen molar-refractivity contribution in [3.63, 3.8) is 0 Å². The second kappa shape index (κ2) is 5.10. The van der Waals surface area contributed by atoms with Crippen molar-refractivity contribution >= 4 is 5.97 Å². The summed E-state index contributed by atoms with van der Waals surface area (Å²) in [5.74, 6) is -1.01. The molecule has 1 rings (SSSR count). The van der Waals surface area contributed by atoms with Crippen LogP contribution in [0.5, 0.6) is 0 Å². The van der Waals surface area contributed by atoms with Gasteiger partial charge in [-0.1, -0.05) is 12.1 Å². The Kier molecular flexibility index (Phi) is 4.05. The number of carboxylic acid groups (broad SMARTS) is 1. The van der Waals surface area contributed by atoms with Gasteiger partial charge in [-0.25, -0.2) is 4.39 Å². The summed E-state index contributed by atoms with van der Waals surface area (Å²) in [6.45, 7) is 3.44. The number of rotatable bonds is 5. The lowest BCUT2D eigenvalue weighted by atomic mass is 9.87. The quantitative estimate of drug-likeness (QED) is 0.833. The first-order chi connectivity index (χ1) is 7.42. The van der Waals surface area contributed by atoms with Crippen molar-refractivity contribution in [2.75, 3.05) is 0 Å². The first kappa shape index (κ1) is 12.7. The van der Waals surface area contributed by atoms with Gasteiger partial charge in [-0.3, -0.25) is 4.79 Å². The van der Waals surface area contributed by atoms with Gasteiger partial charge in [-0.2, -0.15) is 0 Å². The van der Waals surface area contributed by atoms with Crippen molar-refractivity contribution in [1.82, 2.24) is 0 Å². The fraction of sp³-hybridized carbons (Fsp3) is 0.462. The smallest absolute Gasteiger partial charge is 0.309 e. The van der Waals surface area contributed by atoms with E-state index < -0.39 is 11.4 Å². The molecule has 88 valence electrons. The van der Waals surface area contributed by atoms with Crippen molar-refractivity contribution in [2.24, 2.45) is 5.41 Å². The molecule has 0 unspecified atom stereocenters. The first-order valence-corrected chi connectivity index (χ1v) is 5.40. The number of carboxylic acids is 1. The monoisotopic (exact) mass is 224 g/mol. The fourth-order valence-corrected chi connectivity index (χ4v) is 1.49. The summed E-state index contributed by atoms with van der Waals surface area (Å²) >= 11 is 0. The number of halogens is 1. The second-order valence-corrected chi connectivity index (χ2v) is 4.67. The molecule has 0 saturated carbocycles. The first-order valence-electron chi connectivity index (χ1n) is 5.40. The minimum absolute atomic E-state index is 0.241. The summed E-state index contributed by atoms with van der Waals surface area (Å²) in [5, 5.41) is 8.93. The highest BCUT2D eigenvalue weighted by Gasteiger charge is 2.25. The molecule has 0 amide bonds. The third-order valence-corrected chi connectivity index (χ3v) is 2.76. The van der Waals surface area contributed by atoms with Gasteiger partial charge >= 0.3 is 5.97 Å². The van der Waals surface area contributed by atoms with Crippen LogP contribution in [0.1, 0.15) is 32.3 Å². The van der Waals surface area contributed by atoms with E-state index in [1.54, 1.807) is 26.0 Å². The minimum Gasteiger partial charge on any atom is -0.481 e. The van der Waals surface area contributed by atoms with Crippen LogP contribution >= 0.6 is 0 Å². The van der Waals surface area contributed by atoms with Crippen LogP contribution in [0.3, 0.4) is 0 Å². The molecular formula is C13H17FO2. The Bertz CT molecular complexity index is 355. The van der Waals surface area contributed by atoms with Crippen molar-refractivity contribution in [2.45, 2.75) is 33.1 Å². The number of aryl methyl sites for hydroxylation is 1. The summed E-state index contributed by atoms with van der Waals surface area (Å²) in [7, 11) is 0. The molecule has 0 heterocycles. The second-order valence-electron chi connectivity index (χ2n) is 4.67. The van der Waals surface area contributed by atoms with E-state index in [-0.39, 0.29) is 5.82 Å². The van der Waals surface area contributed by atoms with E-state index in [9.17, 15) is 9.18 Å². The normalized spacial score (nSPS) is 11.4. The van der Waals surface area contributed by atoms with Crippen LogP contribution in [0.4, 0.5) is 4.39 Å². The van der Waals surface area contributed by atoms with Gasteiger partial charge in [0.25, 0.3) is 0 Å². The Hall–Kier alpha value is -1.38. The summed E-state index contributed by atoms with van der Waals surface area (Å²) < 4.78 is 12.6. The largest absolute Gasteiger partial charge is 0.481 e. The average molecular weight is 224 g/mol. The molecule has 1 N–H and O–H groups in total. The topological polar surface area (TPSA) is 37.3 Å². The summed E-state index contributed by atoms with van der Waals surface area (Å²) in [6.07, 6.45) is 2.21. The highest BCUT2D eigenvalue weighted by atomic mass is 19.1. The standard InChI is InChI=1S/C13H17FO2/c1-13(2,12(15)16)9-3-4-10-5-7-11(14)8-6-10/h5-8H,3-4,9H2,1-2H3,(H,15,16). The van der Waals surface area contributed by atoms with E-state index in [0.717, 1.165) is 18.4 Å². The highest BCUT2D eigenvalue weighted by Crippen LogP contribution is 2.23. The van der Waals surface area contributed by atoms with Gasteiger partial charge < -0.3 is 5.11 Å². The van der Waals surface area contributed by atoms with Gasteiger partial charge in [0.1, 0.15) is 5.82 Å². The Balaban J connectivity index is 2.41. The van der Waals surface area contributed by atoms with Gasteiger partial charge in [-0.05, 0) is 50.8 Å². The SMILES string of the molecule is CC(C)(CCCc1ccc(F)cc1)C(=O)O. The molecular weight excluding hydrogens is 207 g/mol. The summed E-state index contributed by atoms with van der Waals surface area (Å²) in [4.78, 5) is 10.9. The van der Waals surface area contributed by atoms with Crippen LogP contribution in [-0.2, 0) is 11.2 Å². The molecule has 0 fully saturated rings. The molecule has 16 heavy (non-hydrogen) atoms. The van der Waals surface area contributed by atoms with E-state index in [1.807, 2.05) is 0 Å². The summed E-state index contributed by atoms with van der Waals surface area (Å²) in [5.41, 5.74) is 0.364. The van der Waals surface area contributed by atoms with E-state index in [2.05, 4.69) is 0 Å². The predicted molar refractivity (Wildman–Crippen MR) is 60.8 cm³/mol. The van der Waals surface area contributed by atoms with Crippen LogP contribution in [0, 0.1) is 11.2 Å². The van der Waals surface area contributed by atoms with Gasteiger partial charge in [0.2, 0.25) is 0 Å². The third-order valence-electron chi connectivity index (χ3n) is 2.76. The fourth-order valence-electron chi connectivity index (χ4n) is 1.49. The van der Waals surface area contributed by atoms with Crippen LogP contribution in [0.15, 0.2) is 24.3 Å². The molecule has 2 nitrogen and oxygen atoms in total. The minimum atomic E-state index is -0.772. The zero-order chi connectivity index (χ0) is 12.2. The Labute approximate surface area is 95.1 Å². The maximum absolute atomic E-state index is 12.6. The maximum Gasteiger partial charge on any atom is 0.309 e. The molecule has 0 aliphatic rings. The van der Waals surface area contributed by atoms with Crippen molar-refractivity contribution in [1.29, 1.82) is 0 Å². The Morgan fingerprint density at radius 1 is 1.31 bits per heavy atom. The molecule has 3 heteroatoms. The third kappa shape index (κ3) is 3.65. The van der Waals surface area contributed by atoms with Crippen molar-refractivity contribution in [3.05, 3.63) is 35.6 Å². The molecule has 0 radical (unpaired) electrons. The molecule has 0 bridgehead atoms. The lowest BCUT2D eigenvalue weighted by Gasteiger charge is -2.18. The molecule has 0 aromatic heterocycles. The number of aliphatic carboxylic acids is 1. The van der Waals surface area contributed by atoms with Crippen LogP contribution in [-0.4, -0.2) is 11.1 Å². The van der Waals surface area contributed by atoms with E-state index in [0.29, 0.717) is 6.42 Å². The van der Waals surface area contributed by atoms with Crippen LogP contribution in [0.2, 0.25) is 0 Å². The molecule has 0 atom stereocenters. The lowest BCUT2D eigenvalue weighted by molar-refractivity contribution is -0.147. The molecule has 0 saturated heterocycles. The van der Waals surface area contributed by atoms with Gasteiger partial charge in [0, 0.05) is 0 Å². The average Bonchev–Trinajstić information content (AvgIpc) is 2.20. The van der Waals surface area contributed by atoms with E-state index in [1.165, 1.54) is 12.1 Å².